The molecule has 0 unspecified atom stereocenters. The lowest BCUT2D eigenvalue weighted by atomic mass is 10.1. The first-order chi connectivity index (χ1) is 15.0. The maximum absolute atomic E-state index is 12.8. The largest absolute Gasteiger partial charge is 0.465 e. The van der Waals surface area contributed by atoms with Crippen molar-refractivity contribution >= 4 is 23.6 Å². The summed E-state index contributed by atoms with van der Waals surface area (Å²) in [5, 5.41) is 4.12. The van der Waals surface area contributed by atoms with E-state index in [9.17, 15) is 14.4 Å². The van der Waals surface area contributed by atoms with Crippen LogP contribution in [-0.2, 0) is 4.74 Å². The van der Waals surface area contributed by atoms with Crippen LogP contribution in [0.5, 0.6) is 0 Å². The fraction of sp³-hybridized carbons (Fsp3) is 0.238. The molecule has 3 aromatic rings. The van der Waals surface area contributed by atoms with Crippen molar-refractivity contribution in [3.63, 3.8) is 0 Å². The highest BCUT2D eigenvalue weighted by molar-refractivity contribution is 5.96. The monoisotopic (exact) mass is 423 g/mol. The summed E-state index contributed by atoms with van der Waals surface area (Å²) in [6.07, 6.45) is 2.80. The molecule has 31 heavy (non-hydrogen) atoms. The minimum Gasteiger partial charge on any atom is -0.465 e. The van der Waals surface area contributed by atoms with Crippen LogP contribution in [0.1, 0.15) is 31.3 Å². The Morgan fingerprint density at radius 1 is 1.00 bits per heavy atom. The van der Waals surface area contributed by atoms with Gasteiger partial charge in [-0.25, -0.2) is 9.48 Å². The Morgan fingerprint density at radius 3 is 2.23 bits per heavy atom. The highest BCUT2D eigenvalue weighted by Gasteiger charge is 2.26. The number of methoxy groups -OCH3 is 1. The van der Waals surface area contributed by atoms with Crippen molar-refractivity contribution in [2.24, 2.45) is 0 Å². The number of benzene rings is 1. The number of amides is 2. The van der Waals surface area contributed by atoms with E-state index in [2.05, 4.69) is 9.84 Å². The Kier molecular flexibility index (Phi) is 5.44. The van der Waals surface area contributed by atoms with E-state index in [0.29, 0.717) is 43.2 Å². The lowest BCUT2D eigenvalue weighted by Crippen LogP contribution is -2.50. The number of ether oxygens (including phenoxy) is 1. The van der Waals surface area contributed by atoms with Crippen molar-refractivity contribution in [3.05, 3.63) is 65.7 Å². The van der Waals surface area contributed by atoms with Crippen molar-refractivity contribution in [2.45, 2.75) is 0 Å². The van der Waals surface area contributed by atoms with E-state index in [4.69, 9.17) is 10.2 Å². The molecule has 2 N–H and O–H groups in total. The Balaban J connectivity index is 1.41. The van der Waals surface area contributed by atoms with Crippen molar-refractivity contribution in [2.75, 3.05) is 39.0 Å². The molecule has 1 fully saturated rings. The van der Waals surface area contributed by atoms with E-state index in [1.165, 1.54) is 24.3 Å². The van der Waals surface area contributed by atoms with Crippen molar-refractivity contribution in [3.8, 4) is 5.69 Å². The molecule has 1 aliphatic heterocycles. The number of furan rings is 1. The second-order valence-electron chi connectivity index (χ2n) is 6.96. The second kappa shape index (κ2) is 8.34. The summed E-state index contributed by atoms with van der Waals surface area (Å²) in [6, 6.07) is 10.1. The third-order valence-corrected chi connectivity index (χ3v) is 5.16. The number of carbonyl (C=O) groups is 3. The summed E-state index contributed by atoms with van der Waals surface area (Å²) in [5.41, 5.74) is 7.27. The van der Waals surface area contributed by atoms with Gasteiger partial charge in [-0.2, -0.15) is 5.10 Å². The van der Waals surface area contributed by atoms with E-state index < -0.39 is 5.97 Å². The third kappa shape index (κ3) is 3.87. The molecule has 1 aromatic carbocycles. The van der Waals surface area contributed by atoms with Crippen LogP contribution in [0.4, 0.5) is 5.82 Å². The van der Waals surface area contributed by atoms with Crippen molar-refractivity contribution in [1.82, 2.24) is 19.6 Å². The quantitative estimate of drug-likeness (QED) is 0.630. The molecule has 0 bridgehead atoms. The molecule has 0 radical (unpaired) electrons. The van der Waals surface area contributed by atoms with Crippen LogP contribution in [0.25, 0.3) is 5.69 Å². The van der Waals surface area contributed by atoms with Gasteiger partial charge < -0.3 is 24.7 Å². The molecule has 0 spiro atoms. The first kappa shape index (κ1) is 20.2. The minimum absolute atomic E-state index is 0.125. The lowest BCUT2D eigenvalue weighted by molar-refractivity contribution is 0.0518. The molecule has 3 heterocycles. The first-order valence-electron chi connectivity index (χ1n) is 9.64. The molecule has 10 nitrogen and oxygen atoms in total. The lowest BCUT2D eigenvalue weighted by Gasteiger charge is -2.34. The zero-order valence-electron chi connectivity index (χ0n) is 16.9. The molecular formula is C21H21N5O5. The predicted octanol–water partition coefficient (Wildman–Crippen LogP) is 1.43. The van der Waals surface area contributed by atoms with Crippen LogP contribution in [0, 0.1) is 0 Å². The molecular weight excluding hydrogens is 402 g/mol. The molecule has 0 saturated carbocycles. The van der Waals surface area contributed by atoms with Crippen LogP contribution in [0.15, 0.2) is 53.3 Å². The Labute approximate surface area is 177 Å². The smallest absolute Gasteiger partial charge is 0.343 e. The van der Waals surface area contributed by atoms with Gasteiger partial charge in [0, 0.05) is 31.7 Å². The molecule has 2 amide bonds. The maximum atomic E-state index is 12.8. The van der Waals surface area contributed by atoms with Gasteiger partial charge in [-0.1, -0.05) is 0 Å². The van der Waals surface area contributed by atoms with Crippen LogP contribution >= 0.6 is 0 Å². The number of nitrogens with two attached hydrogens (primary N) is 1. The van der Waals surface area contributed by atoms with Gasteiger partial charge in [0.1, 0.15) is 11.4 Å². The van der Waals surface area contributed by atoms with Gasteiger partial charge in [-0.15, -0.1) is 0 Å². The van der Waals surface area contributed by atoms with E-state index in [0.717, 1.165) is 0 Å². The van der Waals surface area contributed by atoms with Crippen molar-refractivity contribution < 1.29 is 23.5 Å². The van der Waals surface area contributed by atoms with E-state index in [1.807, 2.05) is 0 Å². The maximum Gasteiger partial charge on any atom is 0.343 e. The van der Waals surface area contributed by atoms with Gasteiger partial charge in [0.2, 0.25) is 0 Å². The van der Waals surface area contributed by atoms with Gasteiger partial charge in [0.25, 0.3) is 11.8 Å². The SMILES string of the molecule is COC(=O)c1cnn(-c2ccc(C(=O)N3CCN(C(=O)c4ccco4)CC3)cc2)c1N. The number of carbonyl (C=O) groups excluding carboxylic acids is 3. The standard InChI is InChI=1S/C21H21N5O5/c1-30-21(29)16-13-23-26(18(16)22)15-6-4-14(5-7-15)19(27)24-8-10-25(11-9-24)20(28)17-3-2-12-31-17/h2-7,12-13H,8-11,22H2,1H3. The predicted molar refractivity (Wildman–Crippen MR) is 110 cm³/mol. The molecule has 0 aliphatic carbocycles. The average Bonchev–Trinajstić information content (AvgIpc) is 3.48. The van der Waals surface area contributed by atoms with Crippen molar-refractivity contribution in [1.29, 1.82) is 0 Å². The number of hydrogen-bond donors (Lipinski definition) is 1. The Morgan fingerprint density at radius 2 is 1.65 bits per heavy atom. The number of anilines is 1. The average molecular weight is 423 g/mol. The van der Waals surface area contributed by atoms with Crippen LogP contribution in [0.3, 0.4) is 0 Å². The molecule has 0 atom stereocenters. The summed E-state index contributed by atoms with van der Waals surface area (Å²) >= 11 is 0. The fourth-order valence-electron chi connectivity index (χ4n) is 3.43. The van der Waals surface area contributed by atoms with Crippen LogP contribution < -0.4 is 5.73 Å². The molecule has 4 rings (SSSR count). The van der Waals surface area contributed by atoms with Gasteiger partial charge in [-0.3, -0.25) is 9.59 Å². The topological polar surface area (TPSA) is 124 Å². The molecule has 10 heteroatoms. The summed E-state index contributed by atoms with van der Waals surface area (Å²) < 4.78 is 11.2. The zero-order chi connectivity index (χ0) is 22.0. The number of rotatable bonds is 4. The number of nitrogen functional groups attached to an aromatic ring is 1. The van der Waals surface area contributed by atoms with E-state index >= 15 is 0 Å². The second-order valence-corrected chi connectivity index (χ2v) is 6.96. The van der Waals surface area contributed by atoms with Crippen LogP contribution in [0.2, 0.25) is 0 Å². The number of piperazine rings is 1. The van der Waals surface area contributed by atoms with Crippen LogP contribution in [-0.4, -0.2) is 70.7 Å². The highest BCUT2D eigenvalue weighted by Crippen LogP contribution is 2.19. The number of esters is 1. The molecule has 2 aromatic heterocycles. The first-order valence-corrected chi connectivity index (χ1v) is 9.64. The molecule has 160 valence electrons. The third-order valence-electron chi connectivity index (χ3n) is 5.16. The van der Waals surface area contributed by atoms with E-state index in [-0.39, 0.29) is 23.2 Å². The van der Waals surface area contributed by atoms with Gasteiger partial charge in [0.15, 0.2) is 5.76 Å². The summed E-state index contributed by atoms with van der Waals surface area (Å²) in [5.74, 6) is -0.419. The molecule has 1 saturated heterocycles. The Bertz CT molecular complexity index is 1100. The summed E-state index contributed by atoms with van der Waals surface area (Å²) in [6.45, 7) is 1.73. The number of hydrogen-bond acceptors (Lipinski definition) is 7. The highest BCUT2D eigenvalue weighted by atomic mass is 16.5. The normalized spacial score (nSPS) is 13.8. The van der Waals surface area contributed by atoms with Gasteiger partial charge in [-0.05, 0) is 36.4 Å². The minimum atomic E-state index is -0.569. The molecule has 1 aliphatic rings. The zero-order valence-corrected chi connectivity index (χ0v) is 16.9. The number of aromatic nitrogens is 2. The summed E-state index contributed by atoms with van der Waals surface area (Å²) in [7, 11) is 1.27. The van der Waals surface area contributed by atoms with E-state index in [1.54, 1.807) is 46.2 Å². The van der Waals surface area contributed by atoms with Gasteiger partial charge >= 0.3 is 5.97 Å². The fourth-order valence-corrected chi connectivity index (χ4v) is 3.43. The summed E-state index contributed by atoms with van der Waals surface area (Å²) in [4.78, 5) is 40.3. The Hall–Kier alpha value is -4.08. The van der Waals surface area contributed by atoms with Gasteiger partial charge in [0.05, 0.1) is 25.3 Å². The number of nitrogens with zero attached hydrogens (tertiary/aromatic N) is 4.